The van der Waals surface area contributed by atoms with Gasteiger partial charge in [0.05, 0.1) is 17.4 Å². The molecule has 2 aliphatic rings. The Labute approximate surface area is 224 Å². The predicted octanol–water partition coefficient (Wildman–Crippen LogP) is 0.519. The zero-order valence-electron chi connectivity index (χ0n) is 22.3. The number of amides is 4. The van der Waals surface area contributed by atoms with Gasteiger partial charge < -0.3 is 21.3 Å². The largest absolute Gasteiger partial charge is 0.368 e. The first kappa shape index (κ1) is 29.6. The Morgan fingerprint density at radius 1 is 1.05 bits per heavy atom. The van der Waals surface area contributed by atoms with Crippen LogP contribution >= 0.6 is 0 Å². The topological polar surface area (TPSA) is 159 Å². The molecule has 2 fully saturated rings. The second-order valence-corrected chi connectivity index (χ2v) is 12.5. The van der Waals surface area contributed by atoms with Crippen LogP contribution in [0.5, 0.6) is 0 Å². The van der Waals surface area contributed by atoms with Gasteiger partial charge in [0.15, 0.2) is 0 Å². The molecule has 1 aromatic rings. The molecule has 4 N–H and O–H groups in total. The summed E-state index contributed by atoms with van der Waals surface area (Å²) in [7, 11) is -3.74. The number of carbonyl (C=O) groups is 4. The van der Waals surface area contributed by atoms with E-state index in [0.29, 0.717) is 45.2 Å². The third kappa shape index (κ3) is 7.31. The summed E-state index contributed by atoms with van der Waals surface area (Å²) in [5, 5.41) is 5.19. The van der Waals surface area contributed by atoms with Crippen molar-refractivity contribution < 1.29 is 27.6 Å². The summed E-state index contributed by atoms with van der Waals surface area (Å²) in [6.07, 6.45) is 2.51. The Morgan fingerprint density at radius 3 is 2.34 bits per heavy atom. The standard InChI is InChI=1S/C26H39N5O6S/c1-17(2)14-21(24(33)28-15-23(27)32)29-25(34)22-7-5-13-31(22)26(35)19-6-4-12-30(16-19)38(36,37)20-10-8-18(3)9-11-20/h8-11,17,19,21-22H,4-7,12-16H2,1-3H3,(H2,27,32)(H,28,33)(H,29,34)/t19-,21+,22?/m1/s1. The van der Waals surface area contributed by atoms with Crippen LogP contribution in [0.1, 0.15) is 51.5 Å². The van der Waals surface area contributed by atoms with Crippen LogP contribution in [0.4, 0.5) is 0 Å². The highest BCUT2D eigenvalue weighted by Gasteiger charge is 2.41. The molecule has 1 aromatic carbocycles. The van der Waals surface area contributed by atoms with E-state index in [1.54, 1.807) is 24.3 Å². The van der Waals surface area contributed by atoms with Crippen molar-refractivity contribution in [3.8, 4) is 0 Å². The van der Waals surface area contributed by atoms with E-state index >= 15 is 0 Å². The Balaban J connectivity index is 1.68. The van der Waals surface area contributed by atoms with Gasteiger partial charge in [-0.1, -0.05) is 31.5 Å². The predicted molar refractivity (Wildman–Crippen MR) is 141 cm³/mol. The van der Waals surface area contributed by atoms with Crippen molar-refractivity contribution in [1.29, 1.82) is 0 Å². The number of rotatable bonds is 10. The molecule has 0 spiro atoms. The van der Waals surface area contributed by atoms with E-state index in [1.807, 2.05) is 20.8 Å². The number of hydrogen-bond donors (Lipinski definition) is 3. The summed E-state index contributed by atoms with van der Waals surface area (Å²) >= 11 is 0. The highest BCUT2D eigenvalue weighted by atomic mass is 32.2. The number of hydrogen-bond acceptors (Lipinski definition) is 6. The number of nitrogens with zero attached hydrogens (tertiary/aromatic N) is 2. The summed E-state index contributed by atoms with van der Waals surface area (Å²) in [5.41, 5.74) is 6.07. The van der Waals surface area contributed by atoms with Crippen LogP contribution < -0.4 is 16.4 Å². The fourth-order valence-electron chi connectivity index (χ4n) is 5.03. The third-order valence-electron chi connectivity index (χ3n) is 7.01. The molecule has 0 radical (unpaired) electrons. The maximum atomic E-state index is 13.5. The normalized spacial score (nSPS) is 21.2. The molecule has 2 saturated heterocycles. The molecule has 0 aliphatic carbocycles. The average molecular weight is 550 g/mol. The van der Waals surface area contributed by atoms with Gasteiger partial charge in [0, 0.05) is 19.6 Å². The Kier molecular flexibility index (Phi) is 9.88. The number of benzene rings is 1. The number of nitrogens with two attached hydrogens (primary N) is 1. The average Bonchev–Trinajstić information content (AvgIpc) is 3.36. The number of sulfonamides is 1. The van der Waals surface area contributed by atoms with Crippen LogP contribution in [0.15, 0.2) is 29.2 Å². The van der Waals surface area contributed by atoms with Crippen LogP contribution in [0, 0.1) is 18.8 Å². The first-order chi connectivity index (χ1) is 17.9. The lowest BCUT2D eigenvalue weighted by molar-refractivity contribution is -0.143. The van der Waals surface area contributed by atoms with Crippen molar-refractivity contribution in [2.45, 2.75) is 69.9 Å². The Bertz CT molecular complexity index is 1140. The van der Waals surface area contributed by atoms with Crippen LogP contribution in [-0.2, 0) is 29.2 Å². The number of likely N-dealkylation sites (tertiary alicyclic amines) is 1. The molecule has 0 bridgehead atoms. The molecule has 2 heterocycles. The maximum Gasteiger partial charge on any atom is 0.243 e. The molecule has 4 amide bonds. The highest BCUT2D eigenvalue weighted by molar-refractivity contribution is 7.89. The van der Waals surface area contributed by atoms with Crippen molar-refractivity contribution >= 4 is 33.7 Å². The van der Waals surface area contributed by atoms with Crippen molar-refractivity contribution in [3.05, 3.63) is 29.8 Å². The minimum Gasteiger partial charge on any atom is -0.368 e. The van der Waals surface area contributed by atoms with Gasteiger partial charge in [0.25, 0.3) is 0 Å². The summed E-state index contributed by atoms with van der Waals surface area (Å²) in [4.78, 5) is 52.1. The van der Waals surface area contributed by atoms with Crippen LogP contribution in [-0.4, -0.2) is 79.5 Å². The van der Waals surface area contributed by atoms with Crippen molar-refractivity contribution in [1.82, 2.24) is 19.8 Å². The highest BCUT2D eigenvalue weighted by Crippen LogP contribution is 2.28. The lowest BCUT2D eigenvalue weighted by Crippen LogP contribution is -2.55. The molecule has 0 aromatic heterocycles. The van der Waals surface area contributed by atoms with E-state index in [2.05, 4.69) is 10.6 Å². The number of piperidine rings is 1. The number of nitrogens with one attached hydrogen (secondary N) is 2. The zero-order chi connectivity index (χ0) is 28.0. The van der Waals surface area contributed by atoms with Crippen molar-refractivity contribution in [2.24, 2.45) is 17.6 Å². The molecule has 12 heteroatoms. The molecular weight excluding hydrogens is 510 g/mol. The summed E-state index contributed by atoms with van der Waals surface area (Å²) in [6, 6.07) is 5.02. The van der Waals surface area contributed by atoms with E-state index < -0.39 is 45.7 Å². The minimum atomic E-state index is -3.74. The van der Waals surface area contributed by atoms with Crippen LogP contribution in [0.2, 0.25) is 0 Å². The summed E-state index contributed by atoms with van der Waals surface area (Å²) in [5.74, 6) is -2.34. The quantitative estimate of drug-likeness (QED) is 0.386. The van der Waals surface area contributed by atoms with E-state index in [-0.39, 0.29) is 29.8 Å². The SMILES string of the molecule is Cc1ccc(S(=O)(=O)N2CCC[C@@H](C(=O)N3CCCC3C(=O)N[C@@H](CC(C)C)C(=O)NCC(N)=O)C2)cc1. The molecule has 3 atom stereocenters. The van der Waals surface area contributed by atoms with Gasteiger partial charge in [0.2, 0.25) is 33.7 Å². The fourth-order valence-corrected chi connectivity index (χ4v) is 6.55. The molecule has 2 aliphatic heterocycles. The Hall–Kier alpha value is -2.99. The first-order valence-corrected chi connectivity index (χ1v) is 14.6. The lowest BCUT2D eigenvalue weighted by Gasteiger charge is -2.35. The number of aryl methyl sites for hydroxylation is 1. The van der Waals surface area contributed by atoms with E-state index in [4.69, 9.17) is 5.73 Å². The smallest absolute Gasteiger partial charge is 0.243 e. The molecule has 210 valence electrons. The summed E-state index contributed by atoms with van der Waals surface area (Å²) < 4.78 is 27.8. The number of primary amides is 1. The molecule has 3 rings (SSSR count). The van der Waals surface area contributed by atoms with Gasteiger partial charge >= 0.3 is 0 Å². The van der Waals surface area contributed by atoms with Crippen LogP contribution in [0.3, 0.4) is 0 Å². The van der Waals surface area contributed by atoms with Gasteiger partial charge in [-0.25, -0.2) is 8.42 Å². The summed E-state index contributed by atoms with van der Waals surface area (Å²) in [6.45, 7) is 6.15. The third-order valence-corrected chi connectivity index (χ3v) is 8.89. The first-order valence-electron chi connectivity index (χ1n) is 13.1. The molecule has 1 unspecified atom stereocenters. The Morgan fingerprint density at radius 2 is 1.71 bits per heavy atom. The van der Waals surface area contributed by atoms with Gasteiger partial charge in [-0.3, -0.25) is 19.2 Å². The van der Waals surface area contributed by atoms with E-state index in [1.165, 1.54) is 9.21 Å². The van der Waals surface area contributed by atoms with Crippen molar-refractivity contribution in [2.75, 3.05) is 26.2 Å². The van der Waals surface area contributed by atoms with E-state index in [0.717, 1.165) is 5.56 Å². The van der Waals surface area contributed by atoms with Crippen molar-refractivity contribution in [3.63, 3.8) is 0 Å². The lowest BCUT2D eigenvalue weighted by atomic mass is 9.97. The molecular formula is C26H39N5O6S. The second kappa shape index (κ2) is 12.7. The fraction of sp³-hybridized carbons (Fsp3) is 0.615. The van der Waals surface area contributed by atoms with Gasteiger partial charge in [-0.15, -0.1) is 0 Å². The zero-order valence-corrected chi connectivity index (χ0v) is 23.1. The van der Waals surface area contributed by atoms with Gasteiger partial charge in [-0.2, -0.15) is 4.31 Å². The number of carbonyl (C=O) groups excluding carboxylic acids is 4. The maximum absolute atomic E-state index is 13.5. The monoisotopic (exact) mass is 549 g/mol. The molecule has 0 saturated carbocycles. The van der Waals surface area contributed by atoms with Crippen LogP contribution in [0.25, 0.3) is 0 Å². The van der Waals surface area contributed by atoms with Gasteiger partial charge in [-0.05, 0) is 57.1 Å². The van der Waals surface area contributed by atoms with Gasteiger partial charge in [0.1, 0.15) is 12.1 Å². The molecule has 38 heavy (non-hydrogen) atoms. The molecule has 11 nitrogen and oxygen atoms in total. The van der Waals surface area contributed by atoms with E-state index in [9.17, 15) is 27.6 Å². The minimum absolute atomic E-state index is 0.0609. The second-order valence-electron chi connectivity index (χ2n) is 10.6.